The van der Waals surface area contributed by atoms with Crippen LogP contribution < -0.4 is 5.56 Å². The van der Waals surface area contributed by atoms with Gasteiger partial charge in [-0.3, -0.25) is 9.78 Å². The second-order valence-corrected chi connectivity index (χ2v) is 4.84. The number of aromatic hydroxyl groups is 1. The molecular formula is C16H15N3O2. The monoisotopic (exact) mass is 281 g/mol. The van der Waals surface area contributed by atoms with E-state index in [-0.39, 0.29) is 11.4 Å². The first-order chi connectivity index (χ1) is 10.2. The topological polar surface area (TPSA) is 78.9 Å². The average molecular weight is 281 g/mol. The van der Waals surface area contributed by atoms with Crippen molar-refractivity contribution in [2.75, 3.05) is 0 Å². The van der Waals surface area contributed by atoms with Gasteiger partial charge in [-0.15, -0.1) is 0 Å². The number of hydrogen-bond donors (Lipinski definition) is 2. The second-order valence-electron chi connectivity index (χ2n) is 4.84. The van der Waals surface area contributed by atoms with Crippen molar-refractivity contribution in [1.29, 1.82) is 0 Å². The number of rotatable bonds is 3. The van der Waals surface area contributed by atoms with Crippen molar-refractivity contribution in [1.82, 2.24) is 15.0 Å². The number of aromatic nitrogens is 3. The van der Waals surface area contributed by atoms with Crippen LogP contribution in [0, 0.1) is 0 Å². The van der Waals surface area contributed by atoms with Crippen LogP contribution in [-0.4, -0.2) is 20.1 Å². The minimum absolute atomic E-state index is 0.198. The third-order valence-corrected chi connectivity index (χ3v) is 3.40. The van der Waals surface area contributed by atoms with Crippen LogP contribution in [0.4, 0.5) is 0 Å². The summed E-state index contributed by atoms with van der Waals surface area (Å²) in [5.74, 6) is 0.160. The van der Waals surface area contributed by atoms with Crippen molar-refractivity contribution in [3.05, 3.63) is 52.4 Å². The van der Waals surface area contributed by atoms with Gasteiger partial charge in [0.1, 0.15) is 5.82 Å². The molecular weight excluding hydrogens is 266 g/mol. The Morgan fingerprint density at radius 2 is 2.05 bits per heavy atom. The van der Waals surface area contributed by atoms with Crippen LogP contribution in [0.5, 0.6) is 5.88 Å². The Bertz CT molecular complexity index is 850. The summed E-state index contributed by atoms with van der Waals surface area (Å²) in [4.78, 5) is 23.3. The number of fused-ring (bicyclic) bond motifs is 1. The molecule has 0 aliphatic carbocycles. The zero-order valence-corrected chi connectivity index (χ0v) is 11.6. The summed E-state index contributed by atoms with van der Waals surface area (Å²) in [5.41, 5.74) is 1.60. The van der Waals surface area contributed by atoms with Gasteiger partial charge in [0.15, 0.2) is 0 Å². The van der Waals surface area contributed by atoms with Gasteiger partial charge in [-0.05, 0) is 18.6 Å². The van der Waals surface area contributed by atoms with E-state index in [4.69, 9.17) is 0 Å². The van der Waals surface area contributed by atoms with Gasteiger partial charge >= 0.3 is 0 Å². The normalized spacial score (nSPS) is 10.9. The SMILES string of the molecule is CCCc1c(O)nc(-c2ccnc3ccccc23)[nH]c1=O. The van der Waals surface area contributed by atoms with Crippen LogP contribution in [0.15, 0.2) is 41.3 Å². The third-order valence-electron chi connectivity index (χ3n) is 3.40. The Labute approximate surface area is 121 Å². The van der Waals surface area contributed by atoms with E-state index in [0.717, 1.165) is 22.9 Å². The fourth-order valence-electron chi connectivity index (χ4n) is 2.39. The molecule has 0 spiro atoms. The molecule has 0 saturated carbocycles. The van der Waals surface area contributed by atoms with Crippen LogP contribution >= 0.6 is 0 Å². The summed E-state index contributed by atoms with van der Waals surface area (Å²) in [6.07, 6.45) is 2.94. The molecule has 2 aromatic heterocycles. The standard InChI is InChI=1S/C16H15N3O2/c1-2-5-12-15(20)18-14(19-16(12)21)11-8-9-17-13-7-4-3-6-10(11)13/h3-4,6-9H,2,5H2,1H3,(H2,18,19,20,21). The molecule has 0 aliphatic heterocycles. The van der Waals surface area contributed by atoms with Crippen LogP contribution in [-0.2, 0) is 6.42 Å². The predicted octanol–water partition coefficient (Wildman–Crippen LogP) is 2.64. The molecule has 0 saturated heterocycles. The number of para-hydroxylation sites is 1. The number of nitrogens with one attached hydrogen (secondary N) is 1. The van der Waals surface area contributed by atoms with E-state index in [1.54, 1.807) is 12.3 Å². The van der Waals surface area contributed by atoms with E-state index < -0.39 is 0 Å². The van der Waals surface area contributed by atoms with Gasteiger partial charge in [-0.25, -0.2) is 0 Å². The summed E-state index contributed by atoms with van der Waals surface area (Å²) in [5, 5.41) is 10.9. The molecule has 0 radical (unpaired) electrons. The zero-order valence-electron chi connectivity index (χ0n) is 11.6. The maximum Gasteiger partial charge on any atom is 0.258 e. The van der Waals surface area contributed by atoms with E-state index in [9.17, 15) is 9.90 Å². The first-order valence-corrected chi connectivity index (χ1v) is 6.87. The number of hydrogen-bond acceptors (Lipinski definition) is 4. The van der Waals surface area contributed by atoms with Gasteiger partial charge < -0.3 is 10.1 Å². The van der Waals surface area contributed by atoms with Gasteiger partial charge in [-0.1, -0.05) is 31.5 Å². The first-order valence-electron chi connectivity index (χ1n) is 6.87. The highest BCUT2D eigenvalue weighted by molar-refractivity contribution is 5.92. The minimum Gasteiger partial charge on any atom is -0.493 e. The Morgan fingerprint density at radius 1 is 1.24 bits per heavy atom. The molecule has 5 heteroatoms. The van der Waals surface area contributed by atoms with Gasteiger partial charge in [-0.2, -0.15) is 4.98 Å². The summed E-state index contributed by atoms with van der Waals surface area (Å²) in [6.45, 7) is 1.95. The summed E-state index contributed by atoms with van der Waals surface area (Å²) in [7, 11) is 0. The van der Waals surface area contributed by atoms with E-state index in [1.807, 2.05) is 31.2 Å². The molecule has 0 aliphatic rings. The first kappa shape index (κ1) is 13.3. The van der Waals surface area contributed by atoms with Crippen molar-refractivity contribution < 1.29 is 5.11 Å². The Hall–Kier alpha value is -2.69. The third kappa shape index (κ3) is 2.38. The molecule has 3 aromatic rings. The molecule has 5 nitrogen and oxygen atoms in total. The zero-order chi connectivity index (χ0) is 14.8. The number of nitrogens with zero attached hydrogens (tertiary/aromatic N) is 2. The second kappa shape index (κ2) is 5.36. The quantitative estimate of drug-likeness (QED) is 0.773. The van der Waals surface area contributed by atoms with E-state index in [1.165, 1.54) is 0 Å². The highest BCUT2D eigenvalue weighted by Crippen LogP contribution is 2.25. The highest BCUT2D eigenvalue weighted by atomic mass is 16.3. The van der Waals surface area contributed by atoms with Crippen molar-refractivity contribution >= 4 is 10.9 Å². The smallest absolute Gasteiger partial charge is 0.258 e. The molecule has 3 rings (SSSR count). The summed E-state index contributed by atoms with van der Waals surface area (Å²) >= 11 is 0. The molecule has 0 amide bonds. The van der Waals surface area contributed by atoms with E-state index in [0.29, 0.717) is 17.8 Å². The number of pyridine rings is 1. The van der Waals surface area contributed by atoms with Crippen molar-refractivity contribution in [2.24, 2.45) is 0 Å². The molecule has 2 N–H and O–H groups in total. The number of H-pyrrole nitrogens is 1. The molecule has 0 fully saturated rings. The van der Waals surface area contributed by atoms with E-state index >= 15 is 0 Å². The fourth-order valence-corrected chi connectivity index (χ4v) is 2.39. The van der Waals surface area contributed by atoms with Crippen LogP contribution in [0.1, 0.15) is 18.9 Å². The number of aromatic amines is 1. The number of benzene rings is 1. The van der Waals surface area contributed by atoms with Crippen LogP contribution in [0.25, 0.3) is 22.3 Å². The maximum absolute atomic E-state index is 12.1. The van der Waals surface area contributed by atoms with Gasteiger partial charge in [0, 0.05) is 17.1 Å². The van der Waals surface area contributed by atoms with E-state index in [2.05, 4.69) is 15.0 Å². The molecule has 21 heavy (non-hydrogen) atoms. The lowest BCUT2D eigenvalue weighted by Gasteiger charge is -2.07. The Balaban J connectivity index is 2.22. The van der Waals surface area contributed by atoms with Gasteiger partial charge in [0.25, 0.3) is 5.56 Å². The maximum atomic E-state index is 12.1. The van der Waals surface area contributed by atoms with Gasteiger partial charge in [0.05, 0.1) is 11.1 Å². The van der Waals surface area contributed by atoms with Crippen molar-refractivity contribution in [3.63, 3.8) is 0 Å². The summed E-state index contributed by atoms with van der Waals surface area (Å²) in [6, 6.07) is 9.38. The van der Waals surface area contributed by atoms with Crippen LogP contribution in [0.3, 0.4) is 0 Å². The lowest BCUT2D eigenvalue weighted by atomic mass is 10.1. The molecule has 2 heterocycles. The highest BCUT2D eigenvalue weighted by Gasteiger charge is 2.12. The minimum atomic E-state index is -0.291. The molecule has 1 aromatic carbocycles. The molecule has 106 valence electrons. The fraction of sp³-hybridized carbons (Fsp3) is 0.188. The average Bonchev–Trinajstić information content (AvgIpc) is 2.50. The predicted molar refractivity (Wildman–Crippen MR) is 81.3 cm³/mol. The Kier molecular flexibility index (Phi) is 3.39. The Morgan fingerprint density at radius 3 is 2.81 bits per heavy atom. The molecule has 0 bridgehead atoms. The lowest BCUT2D eigenvalue weighted by molar-refractivity contribution is 0.443. The van der Waals surface area contributed by atoms with Gasteiger partial charge in [0.2, 0.25) is 5.88 Å². The molecule has 0 atom stereocenters. The lowest BCUT2D eigenvalue weighted by Crippen LogP contribution is -2.15. The summed E-state index contributed by atoms with van der Waals surface area (Å²) < 4.78 is 0. The van der Waals surface area contributed by atoms with Crippen molar-refractivity contribution in [3.8, 4) is 17.3 Å². The largest absolute Gasteiger partial charge is 0.493 e. The van der Waals surface area contributed by atoms with Crippen molar-refractivity contribution in [2.45, 2.75) is 19.8 Å². The van der Waals surface area contributed by atoms with Crippen LogP contribution in [0.2, 0.25) is 0 Å². The molecule has 0 unspecified atom stereocenters.